The smallest absolute Gasteiger partial charge is 0.159 e. The second-order valence-electron chi connectivity index (χ2n) is 5.09. The van der Waals surface area contributed by atoms with E-state index in [1.165, 1.54) is 11.3 Å². The Morgan fingerprint density at radius 1 is 1.24 bits per heavy atom. The van der Waals surface area contributed by atoms with E-state index in [0.29, 0.717) is 5.92 Å². The van der Waals surface area contributed by atoms with Crippen molar-refractivity contribution in [3.05, 3.63) is 47.8 Å². The molecule has 0 radical (unpaired) electrons. The molecule has 114 valence electrons. The fourth-order valence-corrected chi connectivity index (χ4v) is 2.63. The van der Waals surface area contributed by atoms with Gasteiger partial charge in [-0.05, 0) is 19.0 Å². The number of ether oxygens (including phenoxy) is 1. The Bertz CT molecular complexity index is 515. The summed E-state index contributed by atoms with van der Waals surface area (Å²) in [6.45, 7) is 7.05. The first kappa shape index (κ1) is 15.6. The van der Waals surface area contributed by atoms with Gasteiger partial charge in [0.2, 0.25) is 0 Å². The van der Waals surface area contributed by atoms with Gasteiger partial charge in [-0.3, -0.25) is 4.68 Å². The van der Waals surface area contributed by atoms with Gasteiger partial charge in [-0.2, -0.15) is 5.10 Å². The van der Waals surface area contributed by atoms with Gasteiger partial charge in [0.15, 0.2) is 5.75 Å². The summed E-state index contributed by atoms with van der Waals surface area (Å²) in [7, 11) is 1.71. The van der Waals surface area contributed by atoms with Gasteiger partial charge in [0.1, 0.15) is 0 Å². The van der Waals surface area contributed by atoms with Gasteiger partial charge in [0.25, 0.3) is 0 Å². The normalized spacial score (nSPS) is 12.3. The SMILES string of the molecule is CCNCC(Cc1c(OC)cnn1CC)c1ccccc1. The summed E-state index contributed by atoms with van der Waals surface area (Å²) in [6.07, 6.45) is 2.74. The van der Waals surface area contributed by atoms with E-state index in [-0.39, 0.29) is 0 Å². The van der Waals surface area contributed by atoms with Gasteiger partial charge in [0, 0.05) is 25.4 Å². The minimum Gasteiger partial charge on any atom is -0.493 e. The number of aromatic nitrogens is 2. The third kappa shape index (κ3) is 3.85. The maximum Gasteiger partial charge on any atom is 0.159 e. The molecule has 0 fully saturated rings. The van der Waals surface area contributed by atoms with Crippen molar-refractivity contribution in [3.63, 3.8) is 0 Å². The van der Waals surface area contributed by atoms with Gasteiger partial charge >= 0.3 is 0 Å². The Morgan fingerprint density at radius 2 is 2.00 bits per heavy atom. The highest BCUT2D eigenvalue weighted by atomic mass is 16.5. The monoisotopic (exact) mass is 287 g/mol. The van der Waals surface area contributed by atoms with E-state index in [1.807, 2.05) is 10.9 Å². The lowest BCUT2D eigenvalue weighted by Crippen LogP contribution is -2.23. The van der Waals surface area contributed by atoms with E-state index in [9.17, 15) is 0 Å². The molecule has 0 spiro atoms. The van der Waals surface area contributed by atoms with E-state index in [2.05, 4.69) is 54.6 Å². The number of rotatable bonds is 8. The molecule has 0 saturated carbocycles. The van der Waals surface area contributed by atoms with E-state index in [4.69, 9.17) is 4.74 Å². The summed E-state index contributed by atoms with van der Waals surface area (Å²) in [5, 5.41) is 7.87. The van der Waals surface area contributed by atoms with Crippen molar-refractivity contribution in [1.29, 1.82) is 0 Å². The Hall–Kier alpha value is -1.81. The predicted molar refractivity (Wildman–Crippen MR) is 85.9 cm³/mol. The molecule has 4 heteroatoms. The van der Waals surface area contributed by atoms with Crippen LogP contribution >= 0.6 is 0 Å². The number of methoxy groups -OCH3 is 1. The average Bonchev–Trinajstić information content (AvgIpc) is 2.94. The number of aryl methyl sites for hydroxylation is 1. The number of benzene rings is 1. The average molecular weight is 287 g/mol. The number of nitrogens with zero attached hydrogens (tertiary/aromatic N) is 2. The number of hydrogen-bond acceptors (Lipinski definition) is 3. The van der Waals surface area contributed by atoms with Crippen LogP contribution in [0.5, 0.6) is 5.75 Å². The molecule has 4 nitrogen and oxygen atoms in total. The van der Waals surface area contributed by atoms with Gasteiger partial charge in [-0.1, -0.05) is 37.3 Å². The molecule has 1 heterocycles. The van der Waals surface area contributed by atoms with E-state index >= 15 is 0 Å². The third-order valence-corrected chi connectivity index (χ3v) is 3.78. The zero-order valence-corrected chi connectivity index (χ0v) is 13.2. The first-order valence-corrected chi connectivity index (χ1v) is 7.64. The van der Waals surface area contributed by atoms with Crippen molar-refractivity contribution < 1.29 is 4.74 Å². The molecule has 2 aromatic rings. The molecule has 0 amide bonds. The van der Waals surface area contributed by atoms with Crippen molar-refractivity contribution in [2.24, 2.45) is 0 Å². The predicted octanol–water partition coefficient (Wildman–Crippen LogP) is 2.85. The molecule has 1 unspecified atom stereocenters. The number of hydrogen-bond donors (Lipinski definition) is 1. The highest BCUT2D eigenvalue weighted by molar-refractivity contribution is 5.29. The van der Waals surface area contributed by atoms with Crippen LogP contribution < -0.4 is 10.1 Å². The van der Waals surface area contributed by atoms with Gasteiger partial charge in [-0.25, -0.2) is 0 Å². The third-order valence-electron chi connectivity index (χ3n) is 3.78. The van der Waals surface area contributed by atoms with Gasteiger partial charge < -0.3 is 10.1 Å². The zero-order valence-electron chi connectivity index (χ0n) is 13.2. The first-order chi connectivity index (χ1) is 10.3. The minimum atomic E-state index is 0.419. The molecule has 0 aliphatic carbocycles. The van der Waals surface area contributed by atoms with Gasteiger partial charge in [0.05, 0.1) is 19.0 Å². The van der Waals surface area contributed by atoms with Crippen molar-refractivity contribution in [3.8, 4) is 5.75 Å². The van der Waals surface area contributed by atoms with Gasteiger partial charge in [-0.15, -0.1) is 0 Å². The summed E-state index contributed by atoms with van der Waals surface area (Å²) in [6, 6.07) is 10.7. The van der Waals surface area contributed by atoms with E-state index in [0.717, 1.165) is 31.8 Å². The number of nitrogens with one attached hydrogen (secondary N) is 1. The van der Waals surface area contributed by atoms with Crippen LogP contribution in [0.15, 0.2) is 36.5 Å². The molecule has 2 rings (SSSR count). The summed E-state index contributed by atoms with van der Waals surface area (Å²) in [5.41, 5.74) is 2.52. The molecule has 0 bridgehead atoms. The molecular formula is C17H25N3O. The largest absolute Gasteiger partial charge is 0.493 e. The topological polar surface area (TPSA) is 39.1 Å². The lowest BCUT2D eigenvalue weighted by atomic mass is 9.93. The number of likely N-dealkylation sites (N-methyl/N-ethyl adjacent to an activating group) is 1. The molecule has 0 aliphatic rings. The summed E-state index contributed by atoms with van der Waals surface area (Å²) < 4.78 is 7.49. The molecule has 0 saturated heterocycles. The minimum absolute atomic E-state index is 0.419. The zero-order chi connectivity index (χ0) is 15.1. The maximum absolute atomic E-state index is 5.47. The van der Waals surface area contributed by atoms with Crippen LogP contribution in [-0.4, -0.2) is 30.0 Å². The highest BCUT2D eigenvalue weighted by Gasteiger charge is 2.18. The first-order valence-electron chi connectivity index (χ1n) is 7.64. The Labute approximate surface area is 127 Å². The van der Waals surface area contributed by atoms with Crippen LogP contribution in [-0.2, 0) is 13.0 Å². The molecular weight excluding hydrogens is 262 g/mol. The second kappa shape index (κ2) is 7.84. The van der Waals surface area contributed by atoms with E-state index in [1.54, 1.807) is 7.11 Å². The molecule has 1 atom stereocenters. The van der Waals surface area contributed by atoms with Crippen molar-refractivity contribution in [1.82, 2.24) is 15.1 Å². The summed E-state index contributed by atoms with van der Waals surface area (Å²) in [4.78, 5) is 0. The molecule has 1 N–H and O–H groups in total. The molecule has 21 heavy (non-hydrogen) atoms. The van der Waals surface area contributed by atoms with Crippen LogP contribution in [0.2, 0.25) is 0 Å². The quantitative estimate of drug-likeness (QED) is 0.811. The lowest BCUT2D eigenvalue weighted by Gasteiger charge is -2.19. The standard InChI is InChI=1S/C17H25N3O/c1-4-18-12-15(14-9-7-6-8-10-14)11-16-17(21-3)13-19-20(16)5-2/h6-10,13,15,18H,4-5,11-12H2,1-3H3. The van der Waals surface area contributed by atoms with Crippen LogP contribution in [0, 0.1) is 0 Å². The van der Waals surface area contributed by atoms with Crippen LogP contribution in [0.3, 0.4) is 0 Å². The summed E-state index contributed by atoms with van der Waals surface area (Å²) >= 11 is 0. The van der Waals surface area contributed by atoms with Crippen molar-refractivity contribution in [2.75, 3.05) is 20.2 Å². The fourth-order valence-electron chi connectivity index (χ4n) is 2.63. The molecule has 0 aliphatic heterocycles. The van der Waals surface area contributed by atoms with Crippen LogP contribution in [0.1, 0.15) is 31.0 Å². The lowest BCUT2D eigenvalue weighted by molar-refractivity contribution is 0.404. The van der Waals surface area contributed by atoms with E-state index < -0.39 is 0 Å². The summed E-state index contributed by atoms with van der Waals surface area (Å²) in [5.74, 6) is 1.30. The van der Waals surface area contributed by atoms with Crippen LogP contribution in [0.25, 0.3) is 0 Å². The maximum atomic E-state index is 5.47. The van der Waals surface area contributed by atoms with Crippen LogP contribution in [0.4, 0.5) is 0 Å². The van der Waals surface area contributed by atoms with Crippen molar-refractivity contribution in [2.45, 2.75) is 32.7 Å². The van der Waals surface area contributed by atoms with Crippen molar-refractivity contribution >= 4 is 0 Å². The highest BCUT2D eigenvalue weighted by Crippen LogP contribution is 2.26. The Morgan fingerprint density at radius 3 is 2.62 bits per heavy atom. The second-order valence-corrected chi connectivity index (χ2v) is 5.09. The molecule has 1 aromatic carbocycles. The Balaban J connectivity index is 2.24. The fraction of sp³-hybridized carbons (Fsp3) is 0.471. The Kier molecular flexibility index (Phi) is 5.81. The molecule has 1 aromatic heterocycles.